The lowest BCUT2D eigenvalue weighted by Crippen LogP contribution is -2.31. The third-order valence-electron chi connectivity index (χ3n) is 2.50. The van der Waals surface area contributed by atoms with Crippen LogP contribution in [-0.4, -0.2) is 29.7 Å². The molecule has 16 heavy (non-hydrogen) atoms. The minimum atomic E-state index is 0.217. The Balaban J connectivity index is 2.81. The van der Waals surface area contributed by atoms with Crippen molar-refractivity contribution in [3.63, 3.8) is 0 Å². The molecule has 1 rings (SSSR count). The van der Waals surface area contributed by atoms with Crippen molar-refractivity contribution in [2.24, 2.45) is 5.92 Å². The van der Waals surface area contributed by atoms with Crippen LogP contribution in [0.5, 0.6) is 0 Å². The molecule has 0 bridgehead atoms. The summed E-state index contributed by atoms with van der Waals surface area (Å²) in [5.41, 5.74) is 0.867. The summed E-state index contributed by atoms with van der Waals surface area (Å²) in [6.07, 6.45) is 1.46. The second-order valence-corrected chi connectivity index (χ2v) is 4.45. The van der Waals surface area contributed by atoms with Gasteiger partial charge in [0.05, 0.1) is 12.6 Å². The van der Waals surface area contributed by atoms with Crippen LogP contribution in [0.2, 0.25) is 5.15 Å². The summed E-state index contributed by atoms with van der Waals surface area (Å²) in [5.74, 6) is 1.23. The molecule has 0 fully saturated rings. The van der Waals surface area contributed by atoms with Crippen molar-refractivity contribution in [2.45, 2.75) is 26.8 Å². The summed E-state index contributed by atoms with van der Waals surface area (Å²) in [7, 11) is 1.69. The van der Waals surface area contributed by atoms with Gasteiger partial charge < -0.3 is 10.1 Å². The van der Waals surface area contributed by atoms with Crippen LogP contribution in [0.1, 0.15) is 19.4 Å². The number of nitrogens with one attached hydrogen (secondary N) is 1. The fourth-order valence-corrected chi connectivity index (χ4v) is 1.46. The summed E-state index contributed by atoms with van der Waals surface area (Å²) in [5, 5.41) is 3.81. The van der Waals surface area contributed by atoms with Gasteiger partial charge in [0.25, 0.3) is 0 Å². The quantitative estimate of drug-likeness (QED) is 0.808. The maximum atomic E-state index is 5.93. The molecule has 90 valence electrons. The lowest BCUT2D eigenvalue weighted by Gasteiger charge is -2.22. The van der Waals surface area contributed by atoms with E-state index in [1.165, 1.54) is 6.33 Å². The molecule has 1 aromatic heterocycles. The lowest BCUT2D eigenvalue weighted by molar-refractivity contribution is 0.171. The number of nitrogens with zero attached hydrogens (tertiary/aromatic N) is 2. The zero-order valence-corrected chi connectivity index (χ0v) is 10.9. The molecule has 1 N–H and O–H groups in total. The molecule has 4 nitrogen and oxygen atoms in total. The molecular weight excluding hydrogens is 226 g/mol. The maximum Gasteiger partial charge on any atom is 0.137 e. The van der Waals surface area contributed by atoms with Gasteiger partial charge in [-0.05, 0) is 12.8 Å². The smallest absolute Gasteiger partial charge is 0.137 e. The topological polar surface area (TPSA) is 47.0 Å². The molecule has 5 heteroatoms. The fraction of sp³-hybridized carbons (Fsp3) is 0.636. The second-order valence-electron chi connectivity index (χ2n) is 4.09. The number of halogens is 1. The maximum absolute atomic E-state index is 5.93. The number of ether oxygens (including phenoxy) is 1. The van der Waals surface area contributed by atoms with Crippen molar-refractivity contribution in [1.82, 2.24) is 9.97 Å². The zero-order valence-electron chi connectivity index (χ0n) is 10.1. The molecule has 1 unspecified atom stereocenters. The molecule has 1 aromatic rings. The van der Waals surface area contributed by atoms with Gasteiger partial charge >= 0.3 is 0 Å². The normalized spacial score (nSPS) is 12.9. The van der Waals surface area contributed by atoms with Crippen LogP contribution < -0.4 is 5.32 Å². The Kier molecular flexibility index (Phi) is 4.96. The van der Waals surface area contributed by atoms with Crippen molar-refractivity contribution in [2.75, 3.05) is 19.0 Å². The SMILES string of the molecule is COCC(Nc1ncnc(Cl)c1C)C(C)C. The molecule has 0 aromatic carbocycles. The summed E-state index contributed by atoms with van der Waals surface area (Å²) >= 11 is 5.93. The highest BCUT2D eigenvalue weighted by Crippen LogP contribution is 2.20. The van der Waals surface area contributed by atoms with E-state index in [0.29, 0.717) is 17.7 Å². The van der Waals surface area contributed by atoms with E-state index in [1.54, 1.807) is 7.11 Å². The van der Waals surface area contributed by atoms with E-state index >= 15 is 0 Å². The third kappa shape index (κ3) is 3.32. The van der Waals surface area contributed by atoms with Gasteiger partial charge in [0, 0.05) is 12.7 Å². The van der Waals surface area contributed by atoms with Crippen LogP contribution in [0.15, 0.2) is 6.33 Å². The van der Waals surface area contributed by atoms with E-state index in [0.717, 1.165) is 11.4 Å². The second kappa shape index (κ2) is 6.01. The molecule has 1 heterocycles. The molecular formula is C11H18ClN3O. The monoisotopic (exact) mass is 243 g/mol. The molecule has 0 saturated heterocycles. The number of anilines is 1. The van der Waals surface area contributed by atoms with Crippen LogP contribution in [0, 0.1) is 12.8 Å². The van der Waals surface area contributed by atoms with E-state index in [4.69, 9.17) is 16.3 Å². The average molecular weight is 244 g/mol. The minimum Gasteiger partial charge on any atom is -0.383 e. The van der Waals surface area contributed by atoms with Crippen molar-refractivity contribution in [3.05, 3.63) is 17.0 Å². The van der Waals surface area contributed by atoms with E-state index < -0.39 is 0 Å². The highest BCUT2D eigenvalue weighted by Gasteiger charge is 2.15. The first-order valence-electron chi connectivity index (χ1n) is 5.28. The number of hydrogen-bond donors (Lipinski definition) is 1. The van der Waals surface area contributed by atoms with Crippen LogP contribution >= 0.6 is 11.6 Å². The largest absolute Gasteiger partial charge is 0.383 e. The number of hydrogen-bond acceptors (Lipinski definition) is 4. The van der Waals surface area contributed by atoms with E-state index in [-0.39, 0.29) is 6.04 Å². The first kappa shape index (κ1) is 13.2. The van der Waals surface area contributed by atoms with Gasteiger partial charge in [-0.15, -0.1) is 0 Å². The lowest BCUT2D eigenvalue weighted by atomic mass is 10.1. The van der Waals surface area contributed by atoms with E-state index in [2.05, 4.69) is 29.1 Å². The number of aromatic nitrogens is 2. The van der Waals surface area contributed by atoms with Crippen LogP contribution in [0.25, 0.3) is 0 Å². The summed E-state index contributed by atoms with van der Waals surface area (Å²) in [6, 6.07) is 0.217. The summed E-state index contributed by atoms with van der Waals surface area (Å²) < 4.78 is 5.17. The molecule has 0 aliphatic rings. The number of methoxy groups -OCH3 is 1. The third-order valence-corrected chi connectivity index (χ3v) is 2.88. The highest BCUT2D eigenvalue weighted by atomic mass is 35.5. The first-order chi connectivity index (χ1) is 7.56. The first-order valence-corrected chi connectivity index (χ1v) is 5.66. The molecule has 0 radical (unpaired) electrons. The molecule has 0 aliphatic heterocycles. The fourth-order valence-electron chi connectivity index (χ4n) is 1.33. The van der Waals surface area contributed by atoms with Gasteiger partial charge in [-0.3, -0.25) is 0 Å². The van der Waals surface area contributed by atoms with Gasteiger partial charge in [-0.1, -0.05) is 25.4 Å². The van der Waals surface area contributed by atoms with Gasteiger partial charge in [0.15, 0.2) is 0 Å². The molecule has 0 amide bonds. The standard InChI is InChI=1S/C11H18ClN3O/c1-7(2)9(5-16-4)15-11-8(3)10(12)13-6-14-11/h6-7,9H,5H2,1-4H3,(H,13,14,15). The number of rotatable bonds is 5. The Morgan fingerprint density at radius 1 is 1.44 bits per heavy atom. The predicted octanol–water partition coefficient (Wildman–Crippen LogP) is 2.52. The molecule has 0 saturated carbocycles. The Bertz CT molecular complexity index is 344. The van der Waals surface area contributed by atoms with Crippen molar-refractivity contribution in [1.29, 1.82) is 0 Å². The van der Waals surface area contributed by atoms with Gasteiger partial charge in [0.1, 0.15) is 17.3 Å². The Morgan fingerprint density at radius 3 is 2.69 bits per heavy atom. The van der Waals surface area contributed by atoms with E-state index in [1.807, 2.05) is 6.92 Å². The Labute approximate surface area is 101 Å². The van der Waals surface area contributed by atoms with Crippen LogP contribution in [0.3, 0.4) is 0 Å². The van der Waals surface area contributed by atoms with Crippen molar-refractivity contribution >= 4 is 17.4 Å². The average Bonchev–Trinajstić information content (AvgIpc) is 2.23. The Hall–Kier alpha value is -0.870. The summed E-state index contributed by atoms with van der Waals surface area (Å²) in [4.78, 5) is 8.10. The van der Waals surface area contributed by atoms with E-state index in [9.17, 15) is 0 Å². The molecule has 1 atom stereocenters. The van der Waals surface area contributed by atoms with Gasteiger partial charge in [0.2, 0.25) is 0 Å². The van der Waals surface area contributed by atoms with Crippen LogP contribution in [0.4, 0.5) is 5.82 Å². The molecule has 0 spiro atoms. The molecule has 0 aliphatic carbocycles. The Morgan fingerprint density at radius 2 is 2.12 bits per heavy atom. The van der Waals surface area contributed by atoms with Gasteiger partial charge in [-0.2, -0.15) is 0 Å². The van der Waals surface area contributed by atoms with Crippen molar-refractivity contribution in [3.8, 4) is 0 Å². The predicted molar refractivity (Wildman–Crippen MR) is 65.9 cm³/mol. The van der Waals surface area contributed by atoms with Gasteiger partial charge in [-0.25, -0.2) is 9.97 Å². The zero-order chi connectivity index (χ0) is 12.1. The summed E-state index contributed by atoms with van der Waals surface area (Å²) in [6.45, 7) is 6.80. The highest BCUT2D eigenvalue weighted by molar-refractivity contribution is 6.30. The van der Waals surface area contributed by atoms with Crippen LogP contribution in [-0.2, 0) is 4.74 Å². The van der Waals surface area contributed by atoms with Crippen molar-refractivity contribution < 1.29 is 4.74 Å². The minimum absolute atomic E-state index is 0.217.